The van der Waals surface area contributed by atoms with Gasteiger partial charge in [0.1, 0.15) is 18.1 Å². The number of methoxy groups -OCH3 is 2. The molecule has 0 saturated heterocycles. The van der Waals surface area contributed by atoms with E-state index in [2.05, 4.69) is 33.8 Å². The number of allylic oxidation sites excluding steroid dienone is 1. The zero-order chi connectivity index (χ0) is 20.5. The maximum Gasteiger partial charge on any atom is 0.302 e. The first kappa shape index (κ1) is 24.5. The summed E-state index contributed by atoms with van der Waals surface area (Å²) >= 11 is 3.33. The lowest BCUT2D eigenvalue weighted by molar-refractivity contribution is -0.139. The first-order valence-corrected chi connectivity index (χ1v) is 9.04. The Labute approximate surface area is 170 Å². The second-order valence-electron chi connectivity index (χ2n) is 5.03. The molecule has 27 heavy (non-hydrogen) atoms. The third-order valence-corrected chi connectivity index (χ3v) is 3.67. The van der Waals surface area contributed by atoms with Gasteiger partial charge in [-0.25, -0.2) is 0 Å². The highest BCUT2D eigenvalue weighted by Gasteiger charge is 1.96. The van der Waals surface area contributed by atoms with Crippen LogP contribution in [0, 0.1) is 0 Å². The predicted molar refractivity (Wildman–Crippen MR) is 114 cm³/mol. The van der Waals surface area contributed by atoms with Gasteiger partial charge in [-0.1, -0.05) is 49.1 Å². The number of ether oxygens (including phenoxy) is 3. The predicted octanol–water partition coefficient (Wildman–Crippen LogP) is 5.62. The van der Waals surface area contributed by atoms with E-state index in [1.807, 2.05) is 54.6 Å². The monoisotopic (exact) mass is 434 g/mol. The highest BCUT2D eigenvalue weighted by atomic mass is 79.9. The molecule has 0 bridgehead atoms. The van der Waals surface area contributed by atoms with Crippen LogP contribution in [0.25, 0.3) is 0 Å². The van der Waals surface area contributed by atoms with Crippen molar-refractivity contribution in [3.8, 4) is 11.5 Å². The molecule has 2 aromatic carbocycles. The SMILES string of the molecule is C=CCOC(C)=O.C=CCc1ccccc1OC.COc1ccccc1Br. The van der Waals surface area contributed by atoms with Gasteiger partial charge in [-0.2, -0.15) is 0 Å². The number of carbonyl (C=O) groups excluding carboxylic acids is 1. The van der Waals surface area contributed by atoms with Crippen molar-refractivity contribution in [2.24, 2.45) is 0 Å². The molecule has 0 amide bonds. The molecule has 0 aromatic heterocycles. The van der Waals surface area contributed by atoms with Crippen LogP contribution >= 0.6 is 15.9 Å². The third kappa shape index (κ3) is 11.7. The van der Waals surface area contributed by atoms with Crippen molar-refractivity contribution in [1.82, 2.24) is 0 Å². The highest BCUT2D eigenvalue weighted by molar-refractivity contribution is 9.10. The minimum absolute atomic E-state index is 0.264. The number of carbonyl (C=O) groups is 1. The van der Waals surface area contributed by atoms with Crippen molar-refractivity contribution in [3.63, 3.8) is 0 Å². The van der Waals surface area contributed by atoms with E-state index in [1.165, 1.54) is 18.6 Å². The minimum atomic E-state index is -0.264. The standard InChI is InChI=1S/C10H12O.C7H7BrO.C5H8O2/c1-3-6-9-7-4-5-8-10(9)11-2;1-9-7-5-3-2-4-6(7)8;1-3-4-7-5(2)6/h3-5,7-8H,1,6H2,2H3;2-5H,1H3;3H,1,4H2,2H3. The maximum absolute atomic E-state index is 9.93. The van der Waals surface area contributed by atoms with E-state index in [-0.39, 0.29) is 5.97 Å². The Kier molecular flexibility index (Phi) is 14.2. The normalized spacial score (nSPS) is 8.74. The van der Waals surface area contributed by atoms with Crippen molar-refractivity contribution in [2.45, 2.75) is 13.3 Å². The molecule has 0 heterocycles. The average molecular weight is 435 g/mol. The molecule has 0 fully saturated rings. The fourth-order valence-electron chi connectivity index (χ4n) is 1.81. The van der Waals surface area contributed by atoms with E-state index in [9.17, 15) is 4.79 Å². The van der Waals surface area contributed by atoms with E-state index < -0.39 is 0 Å². The summed E-state index contributed by atoms with van der Waals surface area (Å²) in [5.41, 5.74) is 1.19. The lowest BCUT2D eigenvalue weighted by Gasteiger charge is -2.04. The van der Waals surface area contributed by atoms with Crippen LogP contribution in [-0.4, -0.2) is 26.8 Å². The number of esters is 1. The van der Waals surface area contributed by atoms with Crippen molar-refractivity contribution in [1.29, 1.82) is 0 Å². The zero-order valence-corrected chi connectivity index (χ0v) is 17.7. The summed E-state index contributed by atoms with van der Waals surface area (Å²) in [4.78, 5) is 9.93. The van der Waals surface area contributed by atoms with Crippen molar-refractivity contribution in [2.75, 3.05) is 20.8 Å². The molecular formula is C22H27BrO4. The summed E-state index contributed by atoms with van der Waals surface area (Å²) < 4.78 is 15.6. The van der Waals surface area contributed by atoms with Gasteiger partial charge in [0.25, 0.3) is 0 Å². The average Bonchev–Trinajstić information content (AvgIpc) is 2.68. The molecule has 0 saturated carbocycles. The van der Waals surface area contributed by atoms with E-state index in [1.54, 1.807) is 14.2 Å². The molecule has 4 nitrogen and oxygen atoms in total. The molecule has 5 heteroatoms. The van der Waals surface area contributed by atoms with Gasteiger partial charge >= 0.3 is 5.97 Å². The number of hydrogen-bond acceptors (Lipinski definition) is 4. The van der Waals surface area contributed by atoms with Crippen molar-refractivity contribution < 1.29 is 19.0 Å². The van der Waals surface area contributed by atoms with E-state index in [0.717, 1.165) is 22.4 Å². The fraction of sp³-hybridized carbons (Fsp3) is 0.227. The number of para-hydroxylation sites is 2. The van der Waals surface area contributed by atoms with Crippen LogP contribution < -0.4 is 9.47 Å². The third-order valence-electron chi connectivity index (χ3n) is 3.02. The highest BCUT2D eigenvalue weighted by Crippen LogP contribution is 2.22. The van der Waals surface area contributed by atoms with Crippen LogP contribution in [0.5, 0.6) is 11.5 Å². The molecule has 0 aliphatic heterocycles. The smallest absolute Gasteiger partial charge is 0.302 e. The number of hydrogen-bond donors (Lipinski definition) is 0. The summed E-state index contributed by atoms with van der Waals surface area (Å²) in [5, 5.41) is 0. The molecule has 0 aliphatic rings. The Morgan fingerprint density at radius 2 is 1.52 bits per heavy atom. The van der Waals surface area contributed by atoms with Crippen LogP contribution in [0.2, 0.25) is 0 Å². The summed E-state index contributed by atoms with van der Waals surface area (Å²) in [7, 11) is 3.34. The lowest BCUT2D eigenvalue weighted by atomic mass is 10.1. The van der Waals surface area contributed by atoms with Gasteiger partial charge in [0, 0.05) is 6.92 Å². The maximum atomic E-state index is 9.93. The largest absolute Gasteiger partial charge is 0.496 e. The topological polar surface area (TPSA) is 44.8 Å². The van der Waals surface area contributed by atoms with Gasteiger partial charge in [-0.05, 0) is 46.1 Å². The van der Waals surface area contributed by atoms with Gasteiger partial charge < -0.3 is 14.2 Å². The number of rotatable bonds is 6. The van der Waals surface area contributed by atoms with E-state index in [0.29, 0.717) is 6.61 Å². The summed E-state index contributed by atoms with van der Waals surface area (Å²) in [6.45, 7) is 8.71. The van der Waals surface area contributed by atoms with E-state index in [4.69, 9.17) is 9.47 Å². The molecule has 0 atom stereocenters. The van der Waals surface area contributed by atoms with Crippen LogP contribution in [-0.2, 0) is 16.0 Å². The summed E-state index contributed by atoms with van der Waals surface area (Å²) in [6.07, 6.45) is 4.27. The van der Waals surface area contributed by atoms with Crippen LogP contribution in [0.1, 0.15) is 12.5 Å². The molecule has 0 N–H and O–H groups in total. The van der Waals surface area contributed by atoms with Crippen LogP contribution in [0.15, 0.2) is 78.3 Å². The van der Waals surface area contributed by atoms with Crippen molar-refractivity contribution >= 4 is 21.9 Å². The Balaban J connectivity index is 0.000000387. The lowest BCUT2D eigenvalue weighted by Crippen LogP contribution is -1.96. The summed E-state index contributed by atoms with van der Waals surface area (Å²) in [5.74, 6) is 1.55. The Bertz CT molecular complexity index is 698. The second kappa shape index (κ2) is 15.7. The van der Waals surface area contributed by atoms with Crippen molar-refractivity contribution in [3.05, 3.63) is 83.9 Å². The van der Waals surface area contributed by atoms with Gasteiger partial charge in [0.2, 0.25) is 0 Å². The summed E-state index contributed by atoms with van der Waals surface area (Å²) in [6, 6.07) is 15.7. The van der Waals surface area contributed by atoms with Gasteiger partial charge in [-0.15, -0.1) is 6.58 Å². The molecule has 0 radical (unpaired) electrons. The molecule has 0 spiro atoms. The fourth-order valence-corrected chi connectivity index (χ4v) is 2.26. The Morgan fingerprint density at radius 1 is 0.963 bits per heavy atom. The molecule has 0 unspecified atom stereocenters. The number of halogens is 1. The van der Waals surface area contributed by atoms with Gasteiger partial charge in [0.15, 0.2) is 0 Å². The first-order valence-electron chi connectivity index (χ1n) is 8.25. The molecule has 146 valence electrons. The molecule has 2 rings (SSSR count). The quantitative estimate of drug-likeness (QED) is 0.437. The molecule has 2 aromatic rings. The zero-order valence-electron chi connectivity index (χ0n) is 16.1. The first-order chi connectivity index (χ1) is 13.0. The van der Waals surface area contributed by atoms with Crippen LogP contribution in [0.3, 0.4) is 0 Å². The van der Waals surface area contributed by atoms with Gasteiger partial charge in [0.05, 0.1) is 18.7 Å². The van der Waals surface area contributed by atoms with Gasteiger partial charge in [-0.3, -0.25) is 4.79 Å². The van der Waals surface area contributed by atoms with Crippen LogP contribution in [0.4, 0.5) is 0 Å². The Morgan fingerprint density at radius 3 is 1.93 bits per heavy atom. The second-order valence-corrected chi connectivity index (χ2v) is 5.88. The van der Waals surface area contributed by atoms with E-state index >= 15 is 0 Å². The number of benzene rings is 2. The Hall–Kier alpha value is -2.53. The molecule has 0 aliphatic carbocycles. The minimum Gasteiger partial charge on any atom is -0.496 e. The molecular weight excluding hydrogens is 408 g/mol.